The molecule has 0 aliphatic carbocycles. The Hall–Kier alpha value is -0.830. The fraction of sp³-hybridized carbons (Fsp3) is 0.571. The first-order valence-electron chi connectivity index (χ1n) is 3.33. The lowest BCUT2D eigenvalue weighted by Gasteiger charge is -1.96. The van der Waals surface area contributed by atoms with Crippen LogP contribution in [0, 0.1) is 0 Å². The maximum absolute atomic E-state index is 5.22. The molecule has 1 fully saturated rings. The fourth-order valence-corrected chi connectivity index (χ4v) is 0.942. The van der Waals surface area contributed by atoms with E-state index >= 15 is 0 Å². The number of imidazole rings is 1. The van der Waals surface area contributed by atoms with Crippen molar-refractivity contribution in [3.8, 4) is 0 Å². The number of epoxide rings is 1. The zero-order valence-electron chi connectivity index (χ0n) is 6.16. The van der Waals surface area contributed by atoms with Gasteiger partial charge in [-0.3, -0.25) is 0 Å². The van der Waals surface area contributed by atoms with Gasteiger partial charge in [-0.15, -0.1) is 0 Å². The van der Waals surface area contributed by atoms with E-state index < -0.39 is 0 Å². The maximum Gasteiger partial charge on any atom is 0.132 e. The second kappa shape index (κ2) is 1.61. The molecular weight excluding hydrogens is 128 g/mol. The number of ether oxygens (including phenoxy) is 1. The highest BCUT2D eigenvalue weighted by Gasteiger charge is 2.43. The molecule has 1 atom stereocenters. The monoisotopic (exact) mass is 138 g/mol. The molecule has 1 aliphatic rings. The van der Waals surface area contributed by atoms with Gasteiger partial charge in [0.2, 0.25) is 0 Å². The van der Waals surface area contributed by atoms with Crippen LogP contribution in [0.25, 0.3) is 0 Å². The minimum Gasteiger partial charge on any atom is -0.363 e. The van der Waals surface area contributed by atoms with Gasteiger partial charge in [0, 0.05) is 13.2 Å². The Balaban J connectivity index is 2.34. The van der Waals surface area contributed by atoms with Crippen molar-refractivity contribution in [2.45, 2.75) is 12.5 Å². The molecule has 0 spiro atoms. The lowest BCUT2D eigenvalue weighted by Crippen LogP contribution is -2.01. The van der Waals surface area contributed by atoms with Crippen LogP contribution >= 0.6 is 0 Å². The van der Waals surface area contributed by atoms with Gasteiger partial charge in [0.25, 0.3) is 0 Å². The van der Waals surface area contributed by atoms with E-state index in [9.17, 15) is 0 Å². The third-order valence-corrected chi connectivity index (χ3v) is 1.82. The average Bonchev–Trinajstić information content (AvgIpc) is 2.45. The Morgan fingerprint density at radius 3 is 2.90 bits per heavy atom. The molecule has 1 aliphatic heterocycles. The summed E-state index contributed by atoms with van der Waals surface area (Å²) >= 11 is 0. The van der Waals surface area contributed by atoms with E-state index in [1.807, 2.05) is 17.8 Å². The van der Waals surface area contributed by atoms with Crippen LogP contribution in [0.1, 0.15) is 12.6 Å². The predicted octanol–water partition coefficient (Wildman–Crippen LogP) is 0.665. The van der Waals surface area contributed by atoms with Crippen LogP contribution in [0.3, 0.4) is 0 Å². The molecule has 54 valence electrons. The molecular formula is C7H10N2O. The summed E-state index contributed by atoms with van der Waals surface area (Å²) in [5, 5.41) is 0. The van der Waals surface area contributed by atoms with Crippen LogP contribution in [-0.4, -0.2) is 16.2 Å². The molecule has 0 aromatic carbocycles. The summed E-state index contributed by atoms with van der Waals surface area (Å²) in [5.74, 6) is 0. The second-order valence-corrected chi connectivity index (χ2v) is 2.94. The summed E-state index contributed by atoms with van der Waals surface area (Å²) in [5.41, 5.74) is 0.969. The largest absolute Gasteiger partial charge is 0.363 e. The van der Waals surface area contributed by atoms with Gasteiger partial charge in [0.1, 0.15) is 5.60 Å². The number of nitrogens with zero attached hydrogens (tertiary/aromatic N) is 2. The topological polar surface area (TPSA) is 30.4 Å². The van der Waals surface area contributed by atoms with Gasteiger partial charge < -0.3 is 9.30 Å². The van der Waals surface area contributed by atoms with Gasteiger partial charge in [-0.1, -0.05) is 0 Å². The summed E-state index contributed by atoms with van der Waals surface area (Å²) in [7, 11) is 1.96. The summed E-state index contributed by atoms with van der Waals surface area (Å²) in [6.45, 7) is 2.86. The van der Waals surface area contributed by atoms with Crippen LogP contribution in [0.4, 0.5) is 0 Å². The van der Waals surface area contributed by atoms with Crippen molar-refractivity contribution in [3.63, 3.8) is 0 Å². The van der Waals surface area contributed by atoms with E-state index in [2.05, 4.69) is 11.9 Å². The lowest BCUT2D eigenvalue weighted by atomic mass is 10.1. The number of hydrogen-bond donors (Lipinski definition) is 0. The molecule has 0 bridgehead atoms. The minimum absolute atomic E-state index is 0.0682. The second-order valence-electron chi connectivity index (χ2n) is 2.94. The Kier molecular flexibility index (Phi) is 0.951. The molecule has 10 heavy (non-hydrogen) atoms. The van der Waals surface area contributed by atoms with E-state index in [4.69, 9.17) is 4.74 Å². The zero-order chi connectivity index (χ0) is 7.19. The van der Waals surface area contributed by atoms with Gasteiger partial charge in [0.05, 0.1) is 18.6 Å². The van der Waals surface area contributed by atoms with Crippen molar-refractivity contribution in [2.24, 2.45) is 7.05 Å². The lowest BCUT2D eigenvalue weighted by molar-refractivity contribution is 0.324. The van der Waals surface area contributed by atoms with Crippen molar-refractivity contribution < 1.29 is 4.74 Å². The zero-order valence-corrected chi connectivity index (χ0v) is 6.16. The summed E-state index contributed by atoms with van der Waals surface area (Å²) in [6, 6.07) is 0. The van der Waals surface area contributed by atoms with Crippen molar-refractivity contribution in [3.05, 3.63) is 18.2 Å². The van der Waals surface area contributed by atoms with E-state index in [-0.39, 0.29) is 5.60 Å². The average molecular weight is 138 g/mol. The SMILES string of the molecule is Cn1cnc(C2(C)CO2)c1. The van der Waals surface area contributed by atoms with Gasteiger partial charge in [0.15, 0.2) is 0 Å². The summed E-state index contributed by atoms with van der Waals surface area (Å²) in [4.78, 5) is 4.19. The molecule has 1 unspecified atom stereocenters. The van der Waals surface area contributed by atoms with Crippen molar-refractivity contribution in [1.29, 1.82) is 0 Å². The standard InChI is InChI=1S/C7H10N2O/c1-7(4-10-7)6-3-9(2)5-8-6/h3,5H,4H2,1-2H3. The van der Waals surface area contributed by atoms with E-state index in [1.54, 1.807) is 6.33 Å². The van der Waals surface area contributed by atoms with Crippen LogP contribution in [0.15, 0.2) is 12.5 Å². The Morgan fingerprint density at radius 1 is 1.80 bits per heavy atom. The number of aryl methyl sites for hydroxylation is 1. The van der Waals surface area contributed by atoms with E-state index in [1.165, 1.54) is 0 Å². The fourth-order valence-electron chi connectivity index (χ4n) is 0.942. The normalized spacial score (nSPS) is 30.6. The molecule has 0 N–H and O–H groups in total. The number of hydrogen-bond acceptors (Lipinski definition) is 2. The van der Waals surface area contributed by atoms with Crippen LogP contribution in [0.5, 0.6) is 0 Å². The molecule has 0 saturated carbocycles. The molecule has 0 radical (unpaired) electrons. The summed E-state index contributed by atoms with van der Waals surface area (Å²) < 4.78 is 7.15. The molecule has 1 aromatic rings. The first kappa shape index (κ1) is 5.92. The molecule has 3 nitrogen and oxygen atoms in total. The van der Waals surface area contributed by atoms with Gasteiger partial charge in [-0.05, 0) is 6.92 Å². The van der Waals surface area contributed by atoms with E-state index in [0.29, 0.717) is 0 Å². The van der Waals surface area contributed by atoms with Crippen molar-refractivity contribution in [2.75, 3.05) is 6.61 Å². The predicted molar refractivity (Wildman–Crippen MR) is 36.5 cm³/mol. The summed E-state index contributed by atoms with van der Waals surface area (Å²) in [6.07, 6.45) is 3.79. The van der Waals surface area contributed by atoms with Gasteiger partial charge in [-0.25, -0.2) is 4.98 Å². The highest BCUT2D eigenvalue weighted by molar-refractivity contribution is 5.13. The van der Waals surface area contributed by atoms with Crippen molar-refractivity contribution >= 4 is 0 Å². The highest BCUT2D eigenvalue weighted by Crippen LogP contribution is 2.36. The Bertz CT molecular complexity index is 250. The molecule has 0 amide bonds. The number of aromatic nitrogens is 2. The highest BCUT2D eigenvalue weighted by atomic mass is 16.6. The maximum atomic E-state index is 5.22. The molecule has 1 aromatic heterocycles. The van der Waals surface area contributed by atoms with Crippen LogP contribution < -0.4 is 0 Å². The van der Waals surface area contributed by atoms with Crippen LogP contribution in [0.2, 0.25) is 0 Å². The first-order chi connectivity index (χ1) is 4.71. The molecule has 3 heteroatoms. The van der Waals surface area contributed by atoms with Gasteiger partial charge >= 0.3 is 0 Å². The number of rotatable bonds is 1. The van der Waals surface area contributed by atoms with E-state index in [0.717, 1.165) is 12.3 Å². The smallest absolute Gasteiger partial charge is 0.132 e. The molecule has 2 rings (SSSR count). The minimum atomic E-state index is -0.0682. The Labute approximate surface area is 59.6 Å². The molecule has 2 heterocycles. The Morgan fingerprint density at radius 2 is 2.50 bits per heavy atom. The third-order valence-electron chi connectivity index (χ3n) is 1.82. The third kappa shape index (κ3) is 0.743. The molecule has 1 saturated heterocycles. The first-order valence-corrected chi connectivity index (χ1v) is 3.33. The quantitative estimate of drug-likeness (QED) is 0.534. The van der Waals surface area contributed by atoms with Crippen LogP contribution in [-0.2, 0) is 17.4 Å². The van der Waals surface area contributed by atoms with Gasteiger partial charge in [-0.2, -0.15) is 0 Å². The van der Waals surface area contributed by atoms with Crippen molar-refractivity contribution in [1.82, 2.24) is 9.55 Å².